The number of carboxylic acids is 3. The van der Waals surface area contributed by atoms with Gasteiger partial charge in [-0.05, 0) is 16.9 Å². The number of halogens is 9. The SMILES string of the molecule is CC1(C)C(C(=O)c2cn(CCN3CCNCC3)c3ccccc23)C1(C)C.O=C(O)C(F)(F)F.O=C(O)C(F)(F)F.O=C(O)C(F)(F)F. The van der Waals surface area contributed by atoms with E-state index in [4.69, 9.17) is 29.7 Å². The summed E-state index contributed by atoms with van der Waals surface area (Å²) >= 11 is 0. The number of Topliss-reactive ketones (excluding diaryl/α,β-unsaturated/α-hetero) is 1. The molecule has 266 valence electrons. The van der Waals surface area contributed by atoms with Crippen LogP contribution in [0, 0.1) is 16.7 Å². The number of piperazine rings is 1. The van der Waals surface area contributed by atoms with Crippen molar-refractivity contribution in [2.45, 2.75) is 52.8 Å². The average molecular weight is 696 g/mol. The van der Waals surface area contributed by atoms with Crippen molar-refractivity contribution in [3.8, 4) is 0 Å². The summed E-state index contributed by atoms with van der Waals surface area (Å²) in [5.74, 6) is -7.84. The first kappa shape index (κ1) is 41.2. The Morgan fingerprint density at radius 1 is 0.745 bits per heavy atom. The molecule has 47 heavy (non-hydrogen) atoms. The molecule has 1 saturated heterocycles. The molecule has 2 fully saturated rings. The van der Waals surface area contributed by atoms with Crippen molar-refractivity contribution < 1.29 is 74.0 Å². The van der Waals surface area contributed by atoms with E-state index >= 15 is 0 Å². The van der Waals surface area contributed by atoms with Crippen LogP contribution >= 0.6 is 0 Å². The Labute approximate surface area is 262 Å². The van der Waals surface area contributed by atoms with E-state index in [2.05, 4.69) is 66.9 Å². The number of rotatable bonds is 5. The molecule has 0 amide bonds. The average Bonchev–Trinajstić information content (AvgIpc) is 3.17. The Balaban J connectivity index is 0.000000430. The van der Waals surface area contributed by atoms with Crippen molar-refractivity contribution in [1.82, 2.24) is 14.8 Å². The molecule has 0 atom stereocenters. The predicted octanol–water partition coefficient (Wildman–Crippen LogP) is 5.31. The molecular weight excluding hydrogens is 661 g/mol. The molecule has 0 bridgehead atoms. The highest BCUT2D eigenvalue weighted by atomic mass is 19.4. The van der Waals surface area contributed by atoms with Crippen LogP contribution in [0.3, 0.4) is 0 Å². The van der Waals surface area contributed by atoms with E-state index in [1.165, 1.54) is 5.52 Å². The molecule has 10 nitrogen and oxygen atoms in total. The Bertz CT molecular complexity index is 1340. The van der Waals surface area contributed by atoms with Gasteiger partial charge < -0.3 is 25.2 Å². The van der Waals surface area contributed by atoms with Crippen LogP contribution in [0.2, 0.25) is 0 Å². The summed E-state index contributed by atoms with van der Waals surface area (Å²) in [7, 11) is 0. The molecule has 4 N–H and O–H groups in total. The molecule has 1 aliphatic heterocycles. The van der Waals surface area contributed by atoms with Gasteiger partial charge in [-0.3, -0.25) is 9.69 Å². The van der Waals surface area contributed by atoms with Crippen LogP contribution in [0.15, 0.2) is 30.5 Å². The topological polar surface area (TPSA) is 149 Å². The molecule has 4 rings (SSSR count). The minimum absolute atomic E-state index is 0.0775. The van der Waals surface area contributed by atoms with Gasteiger partial charge in [0.25, 0.3) is 0 Å². The maximum absolute atomic E-state index is 13.3. The standard InChI is InChI=1S/C22H31N3O.3C2HF3O2/c1-21(2)20(22(21,3)4)19(26)17-15-25(18-8-6-5-7-16(17)18)14-13-24-11-9-23-10-12-24;3*3-2(4,5)1(6)7/h5-8,15,20,23H,9-14H2,1-4H3;3*(H,6,7). The largest absolute Gasteiger partial charge is 0.490 e. The van der Waals surface area contributed by atoms with Gasteiger partial charge >= 0.3 is 36.4 Å². The maximum Gasteiger partial charge on any atom is 0.490 e. The van der Waals surface area contributed by atoms with E-state index in [1.54, 1.807) is 0 Å². The zero-order chi connectivity index (χ0) is 36.8. The van der Waals surface area contributed by atoms with Crippen molar-refractivity contribution in [1.29, 1.82) is 0 Å². The summed E-state index contributed by atoms with van der Waals surface area (Å²) in [6.45, 7) is 15.2. The van der Waals surface area contributed by atoms with Gasteiger partial charge in [0.1, 0.15) is 0 Å². The van der Waals surface area contributed by atoms with Crippen LogP contribution in [-0.2, 0) is 20.9 Å². The Hall–Kier alpha value is -3.87. The number of nitrogens with zero attached hydrogens (tertiary/aromatic N) is 2. The molecule has 2 aliphatic rings. The molecule has 1 saturated carbocycles. The summed E-state index contributed by atoms with van der Waals surface area (Å²) in [6.07, 6.45) is -13.1. The molecule has 1 aliphatic carbocycles. The van der Waals surface area contributed by atoms with Gasteiger partial charge in [-0.25, -0.2) is 14.4 Å². The predicted molar refractivity (Wildman–Crippen MR) is 148 cm³/mol. The number of hydrogen-bond acceptors (Lipinski definition) is 6. The second-order valence-corrected chi connectivity index (χ2v) is 11.5. The summed E-state index contributed by atoms with van der Waals surface area (Å²) in [6, 6.07) is 8.37. The fraction of sp³-hybridized carbons (Fsp3) is 0.571. The molecule has 2 heterocycles. The number of ketones is 1. The highest BCUT2D eigenvalue weighted by molar-refractivity contribution is 6.11. The lowest BCUT2D eigenvalue weighted by Gasteiger charge is -2.27. The molecule has 0 spiro atoms. The number of carbonyl (C=O) groups excluding carboxylic acids is 1. The highest BCUT2D eigenvalue weighted by Crippen LogP contribution is 2.69. The first-order valence-electron chi connectivity index (χ1n) is 13.6. The normalized spacial score (nSPS) is 17.6. The highest BCUT2D eigenvalue weighted by Gasteiger charge is 2.68. The molecular formula is C28H34F9N3O7. The number of fused-ring (bicyclic) bond motifs is 1. The summed E-state index contributed by atoms with van der Waals surface area (Å²) in [5.41, 5.74) is 2.24. The Morgan fingerprint density at radius 2 is 1.13 bits per heavy atom. The minimum Gasteiger partial charge on any atom is -0.475 e. The van der Waals surface area contributed by atoms with E-state index in [0.29, 0.717) is 5.78 Å². The van der Waals surface area contributed by atoms with Crippen LogP contribution in [-0.4, -0.2) is 99.7 Å². The third-order valence-corrected chi connectivity index (χ3v) is 7.93. The first-order chi connectivity index (χ1) is 21.2. The van der Waals surface area contributed by atoms with Gasteiger partial charge in [-0.15, -0.1) is 0 Å². The molecule has 2 aromatic rings. The van der Waals surface area contributed by atoms with Gasteiger partial charge in [0.15, 0.2) is 5.78 Å². The number of hydrogen-bond donors (Lipinski definition) is 4. The van der Waals surface area contributed by atoms with Crippen LogP contribution in [0.5, 0.6) is 0 Å². The van der Waals surface area contributed by atoms with Gasteiger partial charge in [-0.1, -0.05) is 45.9 Å². The lowest BCUT2D eigenvalue weighted by atomic mass is 10.0. The van der Waals surface area contributed by atoms with Crippen LogP contribution in [0.25, 0.3) is 10.9 Å². The van der Waals surface area contributed by atoms with Gasteiger partial charge in [0, 0.05) is 67.8 Å². The second-order valence-electron chi connectivity index (χ2n) is 11.5. The van der Waals surface area contributed by atoms with Gasteiger partial charge in [0.2, 0.25) is 0 Å². The van der Waals surface area contributed by atoms with Crippen molar-refractivity contribution in [3.05, 3.63) is 36.0 Å². The van der Waals surface area contributed by atoms with E-state index in [-0.39, 0.29) is 16.7 Å². The maximum atomic E-state index is 13.3. The lowest BCUT2D eigenvalue weighted by molar-refractivity contribution is -0.193. The van der Waals surface area contributed by atoms with Crippen LogP contribution in [0.1, 0.15) is 38.1 Å². The number of aliphatic carboxylic acids is 3. The molecule has 1 aromatic heterocycles. The quantitative estimate of drug-likeness (QED) is 0.241. The molecule has 0 radical (unpaired) electrons. The Kier molecular flexibility index (Phi) is 13.4. The zero-order valence-corrected chi connectivity index (χ0v) is 25.5. The number of alkyl halides is 9. The zero-order valence-electron chi connectivity index (χ0n) is 25.5. The number of benzene rings is 1. The smallest absolute Gasteiger partial charge is 0.475 e. The van der Waals surface area contributed by atoms with Crippen molar-refractivity contribution in [3.63, 3.8) is 0 Å². The van der Waals surface area contributed by atoms with Gasteiger partial charge in [0.05, 0.1) is 0 Å². The van der Waals surface area contributed by atoms with E-state index in [0.717, 1.165) is 50.2 Å². The second kappa shape index (κ2) is 15.4. The number of carbonyl (C=O) groups is 4. The van der Waals surface area contributed by atoms with Crippen molar-refractivity contribution in [2.75, 3.05) is 32.7 Å². The third kappa shape index (κ3) is 11.4. The Morgan fingerprint density at radius 3 is 1.49 bits per heavy atom. The van der Waals surface area contributed by atoms with Gasteiger partial charge in [-0.2, -0.15) is 39.5 Å². The minimum atomic E-state index is -5.08. The van der Waals surface area contributed by atoms with Crippen LogP contribution < -0.4 is 5.32 Å². The summed E-state index contributed by atoms with van der Waals surface area (Å²) in [5, 5.41) is 25.9. The number of para-hydroxylation sites is 1. The fourth-order valence-corrected chi connectivity index (χ4v) is 4.82. The third-order valence-electron chi connectivity index (χ3n) is 7.93. The van der Waals surface area contributed by atoms with E-state index in [9.17, 15) is 44.3 Å². The molecule has 19 heteroatoms. The van der Waals surface area contributed by atoms with Crippen LogP contribution in [0.4, 0.5) is 39.5 Å². The number of aromatic nitrogens is 1. The monoisotopic (exact) mass is 695 g/mol. The molecule has 1 aromatic carbocycles. The number of nitrogens with one attached hydrogen (secondary N) is 1. The summed E-state index contributed by atoms with van der Waals surface area (Å²) < 4.78 is 97.5. The van der Waals surface area contributed by atoms with E-state index in [1.807, 2.05) is 6.07 Å². The lowest BCUT2D eigenvalue weighted by Crippen LogP contribution is -2.44. The van der Waals surface area contributed by atoms with E-state index < -0.39 is 36.4 Å². The first-order valence-corrected chi connectivity index (χ1v) is 13.6. The van der Waals surface area contributed by atoms with Crippen molar-refractivity contribution in [2.24, 2.45) is 16.7 Å². The summed E-state index contributed by atoms with van der Waals surface area (Å²) in [4.78, 5) is 42.5. The number of carboxylic acid groups (broad SMARTS) is 3. The van der Waals surface area contributed by atoms with Crippen molar-refractivity contribution >= 4 is 34.6 Å². The fourth-order valence-electron chi connectivity index (χ4n) is 4.82. The molecule has 0 unspecified atom stereocenters.